The second kappa shape index (κ2) is 4.39. The van der Waals surface area contributed by atoms with Crippen molar-refractivity contribution >= 4 is 16.5 Å². The number of nitrogens with one attached hydrogen (secondary N) is 2. The van der Waals surface area contributed by atoms with Crippen molar-refractivity contribution in [2.75, 3.05) is 5.32 Å². The zero-order valence-corrected chi connectivity index (χ0v) is 9.51. The SMILES string of the molecule is CCC(Nc1nnc(C)s1)c1ncc[nH]1. The minimum absolute atomic E-state index is 0.173. The highest BCUT2D eigenvalue weighted by Crippen LogP contribution is 2.22. The first kappa shape index (κ1) is 10.1. The first-order valence-corrected chi connectivity index (χ1v) is 5.67. The third kappa shape index (κ3) is 2.33. The highest BCUT2D eigenvalue weighted by atomic mass is 32.1. The fourth-order valence-electron chi connectivity index (χ4n) is 1.34. The van der Waals surface area contributed by atoms with Crippen LogP contribution < -0.4 is 5.32 Å². The summed E-state index contributed by atoms with van der Waals surface area (Å²) in [6, 6.07) is 0.173. The summed E-state index contributed by atoms with van der Waals surface area (Å²) in [6.45, 7) is 4.05. The maximum absolute atomic E-state index is 4.23. The van der Waals surface area contributed by atoms with E-state index in [-0.39, 0.29) is 6.04 Å². The predicted molar refractivity (Wildman–Crippen MR) is 59.9 cm³/mol. The lowest BCUT2D eigenvalue weighted by molar-refractivity contribution is 0.701. The van der Waals surface area contributed by atoms with Gasteiger partial charge in [0, 0.05) is 12.4 Å². The Morgan fingerprint density at radius 1 is 1.53 bits per heavy atom. The van der Waals surface area contributed by atoms with Crippen molar-refractivity contribution in [3.05, 3.63) is 23.2 Å². The molecule has 15 heavy (non-hydrogen) atoms. The van der Waals surface area contributed by atoms with Gasteiger partial charge in [0.15, 0.2) is 0 Å². The van der Waals surface area contributed by atoms with E-state index in [1.807, 2.05) is 13.1 Å². The molecular formula is C9H13N5S. The largest absolute Gasteiger partial charge is 0.350 e. The summed E-state index contributed by atoms with van der Waals surface area (Å²) in [5.41, 5.74) is 0. The highest BCUT2D eigenvalue weighted by Gasteiger charge is 2.13. The second-order valence-corrected chi connectivity index (χ2v) is 4.39. The van der Waals surface area contributed by atoms with Crippen LogP contribution in [0, 0.1) is 6.92 Å². The van der Waals surface area contributed by atoms with Crippen LogP contribution >= 0.6 is 11.3 Å². The molecule has 2 heterocycles. The summed E-state index contributed by atoms with van der Waals surface area (Å²) >= 11 is 1.55. The van der Waals surface area contributed by atoms with E-state index in [0.29, 0.717) is 0 Å². The van der Waals surface area contributed by atoms with Crippen molar-refractivity contribution in [3.63, 3.8) is 0 Å². The summed E-state index contributed by atoms with van der Waals surface area (Å²) in [6.07, 6.45) is 4.53. The van der Waals surface area contributed by atoms with E-state index in [4.69, 9.17) is 0 Å². The van der Waals surface area contributed by atoms with Crippen LogP contribution in [0.4, 0.5) is 5.13 Å². The Labute approximate surface area is 92.0 Å². The van der Waals surface area contributed by atoms with Crippen molar-refractivity contribution in [2.45, 2.75) is 26.3 Å². The Balaban J connectivity index is 2.09. The Bertz CT molecular complexity index is 408. The minimum atomic E-state index is 0.173. The van der Waals surface area contributed by atoms with E-state index in [1.165, 1.54) is 0 Å². The van der Waals surface area contributed by atoms with Gasteiger partial charge in [-0.1, -0.05) is 18.3 Å². The zero-order chi connectivity index (χ0) is 10.7. The molecule has 0 aromatic carbocycles. The lowest BCUT2D eigenvalue weighted by Crippen LogP contribution is -2.11. The van der Waals surface area contributed by atoms with Gasteiger partial charge in [0.25, 0.3) is 0 Å². The van der Waals surface area contributed by atoms with Crippen LogP contribution in [0.2, 0.25) is 0 Å². The number of hydrogen-bond acceptors (Lipinski definition) is 5. The normalized spacial score (nSPS) is 12.7. The van der Waals surface area contributed by atoms with Crippen molar-refractivity contribution in [1.82, 2.24) is 20.2 Å². The smallest absolute Gasteiger partial charge is 0.206 e. The number of nitrogens with zero attached hydrogens (tertiary/aromatic N) is 3. The summed E-state index contributed by atoms with van der Waals surface area (Å²) in [7, 11) is 0. The number of aromatic amines is 1. The molecule has 0 aliphatic rings. The molecule has 2 aromatic rings. The number of imidazole rings is 1. The van der Waals surface area contributed by atoms with E-state index in [2.05, 4.69) is 32.4 Å². The molecule has 5 nitrogen and oxygen atoms in total. The van der Waals surface area contributed by atoms with E-state index in [9.17, 15) is 0 Å². The molecular weight excluding hydrogens is 210 g/mol. The molecule has 2 aromatic heterocycles. The van der Waals surface area contributed by atoms with Crippen LogP contribution in [0.3, 0.4) is 0 Å². The van der Waals surface area contributed by atoms with Gasteiger partial charge in [-0.05, 0) is 13.3 Å². The van der Waals surface area contributed by atoms with Crippen molar-refractivity contribution < 1.29 is 0 Å². The molecule has 0 fully saturated rings. The van der Waals surface area contributed by atoms with E-state index >= 15 is 0 Å². The number of rotatable bonds is 4. The molecule has 0 radical (unpaired) electrons. The monoisotopic (exact) mass is 223 g/mol. The fourth-order valence-corrected chi connectivity index (χ4v) is 1.98. The lowest BCUT2D eigenvalue weighted by Gasteiger charge is -2.12. The summed E-state index contributed by atoms with van der Waals surface area (Å²) in [5, 5.41) is 13.1. The molecule has 6 heteroatoms. The van der Waals surface area contributed by atoms with E-state index in [1.54, 1.807) is 17.5 Å². The zero-order valence-electron chi connectivity index (χ0n) is 8.69. The maximum Gasteiger partial charge on any atom is 0.206 e. The summed E-state index contributed by atoms with van der Waals surface area (Å²) in [5.74, 6) is 0.936. The Morgan fingerprint density at radius 2 is 2.40 bits per heavy atom. The third-order valence-corrected chi connectivity index (χ3v) is 2.85. The standard InChI is InChI=1S/C9H13N5S/c1-3-7(8-10-4-5-11-8)12-9-14-13-6(2)15-9/h4-5,7H,3H2,1-2H3,(H,10,11)(H,12,14). The van der Waals surface area contributed by atoms with Crippen molar-refractivity contribution in [1.29, 1.82) is 0 Å². The van der Waals surface area contributed by atoms with Crippen LogP contribution in [0.25, 0.3) is 0 Å². The second-order valence-electron chi connectivity index (χ2n) is 3.21. The Kier molecular flexibility index (Phi) is 2.96. The average Bonchev–Trinajstić information content (AvgIpc) is 2.85. The summed E-state index contributed by atoms with van der Waals surface area (Å²) in [4.78, 5) is 7.33. The first-order valence-electron chi connectivity index (χ1n) is 4.85. The molecule has 0 bridgehead atoms. The van der Waals surface area contributed by atoms with Crippen molar-refractivity contribution in [3.8, 4) is 0 Å². The van der Waals surface area contributed by atoms with Crippen LogP contribution in [0.15, 0.2) is 12.4 Å². The third-order valence-electron chi connectivity index (χ3n) is 2.08. The number of anilines is 1. The van der Waals surface area contributed by atoms with E-state index in [0.717, 1.165) is 22.4 Å². The molecule has 2 N–H and O–H groups in total. The Hall–Kier alpha value is -1.43. The van der Waals surface area contributed by atoms with Crippen molar-refractivity contribution in [2.24, 2.45) is 0 Å². The molecule has 0 amide bonds. The number of H-pyrrole nitrogens is 1. The molecule has 0 saturated heterocycles. The van der Waals surface area contributed by atoms with Gasteiger partial charge in [0.2, 0.25) is 5.13 Å². The molecule has 80 valence electrons. The topological polar surface area (TPSA) is 66.5 Å². The van der Waals surface area contributed by atoms with Gasteiger partial charge in [0.05, 0.1) is 6.04 Å². The number of hydrogen-bond donors (Lipinski definition) is 2. The molecule has 2 rings (SSSR count). The molecule has 1 atom stereocenters. The highest BCUT2D eigenvalue weighted by molar-refractivity contribution is 7.15. The van der Waals surface area contributed by atoms with Crippen LogP contribution in [0.5, 0.6) is 0 Å². The molecule has 0 aliphatic carbocycles. The summed E-state index contributed by atoms with van der Waals surface area (Å²) < 4.78 is 0. The van der Waals surface area contributed by atoms with Crippen LogP contribution in [-0.4, -0.2) is 20.2 Å². The van der Waals surface area contributed by atoms with Gasteiger partial charge >= 0.3 is 0 Å². The average molecular weight is 223 g/mol. The maximum atomic E-state index is 4.23. The van der Waals surface area contributed by atoms with Gasteiger partial charge in [-0.2, -0.15) is 0 Å². The Morgan fingerprint density at radius 3 is 2.93 bits per heavy atom. The number of aromatic nitrogens is 4. The van der Waals surface area contributed by atoms with Gasteiger partial charge in [0.1, 0.15) is 10.8 Å². The fraction of sp³-hybridized carbons (Fsp3) is 0.444. The van der Waals surface area contributed by atoms with E-state index < -0.39 is 0 Å². The van der Waals surface area contributed by atoms with Gasteiger partial charge in [-0.3, -0.25) is 0 Å². The first-order chi connectivity index (χ1) is 7.29. The number of aryl methyl sites for hydroxylation is 1. The molecule has 0 spiro atoms. The van der Waals surface area contributed by atoms with Gasteiger partial charge in [-0.15, -0.1) is 10.2 Å². The van der Waals surface area contributed by atoms with Crippen LogP contribution in [0.1, 0.15) is 30.2 Å². The van der Waals surface area contributed by atoms with Gasteiger partial charge in [-0.25, -0.2) is 4.98 Å². The van der Waals surface area contributed by atoms with Crippen LogP contribution in [-0.2, 0) is 0 Å². The quantitative estimate of drug-likeness (QED) is 0.833. The molecule has 1 unspecified atom stereocenters. The predicted octanol–water partition coefficient (Wildman–Crippen LogP) is 2.13. The van der Waals surface area contributed by atoms with Gasteiger partial charge < -0.3 is 10.3 Å². The minimum Gasteiger partial charge on any atom is -0.350 e. The molecule has 0 aliphatic heterocycles. The molecule has 0 saturated carbocycles. The lowest BCUT2D eigenvalue weighted by atomic mass is 10.2.